The zero-order valence-corrected chi connectivity index (χ0v) is 16.9. The summed E-state index contributed by atoms with van der Waals surface area (Å²) >= 11 is 0. The molecule has 8 heteroatoms. The standard InChI is InChI=1S/C21H29N5O3/c1-21-6-5-15(29-21)16-17(21)19(28)26(18(16)27)10-3-2-9-24-11-13-25(14-12-24)20-22-7-4-8-23-20/h4,7-8,15,27-28H,2-3,5-6,9-14H2,1H3. The summed E-state index contributed by atoms with van der Waals surface area (Å²) in [5.74, 6) is 1.20. The van der Waals surface area contributed by atoms with Gasteiger partial charge >= 0.3 is 0 Å². The van der Waals surface area contributed by atoms with Crippen LogP contribution in [0.5, 0.6) is 11.8 Å². The van der Waals surface area contributed by atoms with E-state index in [1.54, 1.807) is 17.0 Å². The molecule has 0 spiro atoms. The number of nitrogens with zero attached hydrogens (tertiary/aromatic N) is 5. The number of anilines is 1. The summed E-state index contributed by atoms with van der Waals surface area (Å²) < 4.78 is 7.65. The Hall–Kier alpha value is -2.32. The number of hydrogen-bond donors (Lipinski definition) is 2. The first-order valence-electron chi connectivity index (χ1n) is 10.6. The minimum absolute atomic E-state index is 0.0629. The summed E-state index contributed by atoms with van der Waals surface area (Å²) in [4.78, 5) is 13.4. The highest BCUT2D eigenvalue weighted by molar-refractivity contribution is 5.54. The van der Waals surface area contributed by atoms with Gasteiger partial charge in [-0.3, -0.25) is 9.47 Å². The molecule has 5 heterocycles. The molecule has 2 N–H and O–H groups in total. The van der Waals surface area contributed by atoms with Gasteiger partial charge in [0.25, 0.3) is 0 Å². The molecule has 0 amide bonds. The third-order valence-corrected chi connectivity index (χ3v) is 6.70. The Kier molecular flexibility index (Phi) is 4.63. The summed E-state index contributed by atoms with van der Waals surface area (Å²) in [5, 5.41) is 21.3. The smallest absolute Gasteiger partial charge is 0.225 e. The first-order valence-corrected chi connectivity index (χ1v) is 10.6. The minimum Gasteiger partial charge on any atom is -0.494 e. The van der Waals surface area contributed by atoms with Crippen LogP contribution < -0.4 is 4.90 Å². The maximum Gasteiger partial charge on any atom is 0.225 e. The lowest BCUT2D eigenvalue weighted by molar-refractivity contribution is -0.00992. The van der Waals surface area contributed by atoms with E-state index < -0.39 is 5.60 Å². The molecule has 0 radical (unpaired) electrons. The van der Waals surface area contributed by atoms with E-state index in [1.807, 2.05) is 13.0 Å². The molecule has 2 fully saturated rings. The zero-order valence-electron chi connectivity index (χ0n) is 16.9. The maximum absolute atomic E-state index is 10.7. The van der Waals surface area contributed by atoms with Crippen molar-refractivity contribution in [1.82, 2.24) is 19.4 Å². The van der Waals surface area contributed by atoms with E-state index in [-0.39, 0.29) is 17.9 Å². The Morgan fingerprint density at radius 1 is 1.07 bits per heavy atom. The largest absolute Gasteiger partial charge is 0.494 e. The van der Waals surface area contributed by atoms with Crippen molar-refractivity contribution in [2.45, 2.75) is 50.9 Å². The van der Waals surface area contributed by atoms with Gasteiger partial charge in [-0.2, -0.15) is 0 Å². The highest BCUT2D eigenvalue weighted by atomic mass is 16.5. The lowest BCUT2D eigenvalue weighted by Crippen LogP contribution is -2.47. The highest BCUT2D eigenvalue weighted by Crippen LogP contribution is 2.60. The molecule has 29 heavy (non-hydrogen) atoms. The van der Waals surface area contributed by atoms with Crippen molar-refractivity contribution in [2.75, 3.05) is 37.6 Å². The summed E-state index contributed by atoms with van der Waals surface area (Å²) in [6.45, 7) is 7.56. The molecule has 2 atom stereocenters. The van der Waals surface area contributed by atoms with Crippen LogP contribution in [-0.2, 0) is 16.9 Å². The molecule has 2 saturated heterocycles. The minimum atomic E-state index is -0.436. The first kappa shape index (κ1) is 18.7. The van der Waals surface area contributed by atoms with Gasteiger partial charge in [0.2, 0.25) is 11.8 Å². The molecule has 2 unspecified atom stereocenters. The molecular weight excluding hydrogens is 370 g/mol. The molecule has 156 valence electrons. The van der Waals surface area contributed by atoms with Crippen LogP contribution in [0.3, 0.4) is 0 Å². The van der Waals surface area contributed by atoms with Crippen molar-refractivity contribution < 1.29 is 14.9 Å². The van der Waals surface area contributed by atoms with E-state index in [9.17, 15) is 10.2 Å². The Bertz CT molecular complexity index is 878. The second-order valence-corrected chi connectivity index (χ2v) is 8.55. The number of fused-ring (bicyclic) bond motifs is 5. The fraction of sp³-hybridized carbons (Fsp3) is 0.619. The molecule has 0 saturated carbocycles. The molecule has 2 aromatic heterocycles. The normalized spacial score (nSPS) is 26.2. The number of hydrogen-bond acceptors (Lipinski definition) is 7. The van der Waals surface area contributed by atoms with Crippen LogP contribution in [-0.4, -0.2) is 62.4 Å². The van der Waals surface area contributed by atoms with Gasteiger partial charge < -0.3 is 19.8 Å². The summed E-state index contributed by atoms with van der Waals surface area (Å²) in [5.41, 5.74) is 1.19. The van der Waals surface area contributed by atoms with Crippen LogP contribution >= 0.6 is 0 Å². The zero-order chi connectivity index (χ0) is 20.0. The van der Waals surface area contributed by atoms with Crippen molar-refractivity contribution in [1.29, 1.82) is 0 Å². The van der Waals surface area contributed by atoms with Crippen molar-refractivity contribution in [2.24, 2.45) is 0 Å². The van der Waals surface area contributed by atoms with Crippen LogP contribution in [0, 0.1) is 0 Å². The maximum atomic E-state index is 10.7. The molecule has 2 bridgehead atoms. The van der Waals surface area contributed by atoms with Crippen LogP contribution in [0.4, 0.5) is 5.95 Å². The average Bonchev–Trinajstić information content (AvgIpc) is 3.36. The van der Waals surface area contributed by atoms with Gasteiger partial charge in [-0.15, -0.1) is 0 Å². The Labute approximate surface area is 170 Å². The monoisotopic (exact) mass is 399 g/mol. The topological polar surface area (TPSA) is 86.9 Å². The molecule has 8 nitrogen and oxygen atoms in total. The van der Waals surface area contributed by atoms with Crippen LogP contribution in [0.15, 0.2) is 18.5 Å². The number of piperazine rings is 1. The molecular formula is C21H29N5O3. The van der Waals surface area contributed by atoms with Gasteiger partial charge in [-0.05, 0) is 45.2 Å². The van der Waals surface area contributed by atoms with Crippen molar-refractivity contribution >= 4 is 5.95 Å². The molecule has 3 aliphatic rings. The van der Waals surface area contributed by atoms with Gasteiger partial charge in [0.1, 0.15) is 0 Å². The Morgan fingerprint density at radius 2 is 1.79 bits per heavy atom. The number of aromatic nitrogens is 3. The van der Waals surface area contributed by atoms with Gasteiger partial charge in [-0.1, -0.05) is 0 Å². The van der Waals surface area contributed by atoms with Crippen LogP contribution in [0.2, 0.25) is 0 Å². The van der Waals surface area contributed by atoms with E-state index in [2.05, 4.69) is 19.8 Å². The summed E-state index contributed by atoms with van der Waals surface area (Å²) in [6.07, 6.45) is 7.28. The van der Waals surface area contributed by atoms with Crippen LogP contribution in [0.25, 0.3) is 0 Å². The lowest BCUT2D eigenvalue weighted by Gasteiger charge is -2.34. The van der Waals surface area contributed by atoms with Crippen molar-refractivity contribution in [3.05, 3.63) is 29.6 Å². The summed E-state index contributed by atoms with van der Waals surface area (Å²) in [7, 11) is 0. The molecule has 0 aromatic carbocycles. The third-order valence-electron chi connectivity index (χ3n) is 6.70. The Morgan fingerprint density at radius 3 is 2.52 bits per heavy atom. The third kappa shape index (κ3) is 3.14. The number of unbranched alkanes of at least 4 members (excludes halogenated alkanes) is 1. The van der Waals surface area contributed by atoms with E-state index >= 15 is 0 Å². The average molecular weight is 399 g/mol. The van der Waals surface area contributed by atoms with Gasteiger partial charge in [0.15, 0.2) is 5.88 Å². The summed E-state index contributed by atoms with van der Waals surface area (Å²) in [6, 6.07) is 1.84. The number of aromatic hydroxyl groups is 2. The lowest BCUT2D eigenvalue weighted by atomic mass is 9.86. The second-order valence-electron chi connectivity index (χ2n) is 8.55. The quantitative estimate of drug-likeness (QED) is 0.721. The fourth-order valence-corrected chi connectivity index (χ4v) is 5.11. The van der Waals surface area contributed by atoms with Crippen molar-refractivity contribution in [3.8, 4) is 11.8 Å². The van der Waals surface area contributed by atoms with Gasteiger partial charge in [0, 0.05) is 45.1 Å². The first-order chi connectivity index (χ1) is 14.1. The Balaban J connectivity index is 1.12. The van der Waals surface area contributed by atoms with E-state index in [4.69, 9.17) is 4.74 Å². The van der Waals surface area contributed by atoms with E-state index in [1.165, 1.54) is 0 Å². The van der Waals surface area contributed by atoms with Gasteiger partial charge in [0.05, 0.1) is 22.8 Å². The SMILES string of the molecule is CC12CCC(O1)c1c2c(O)n(CCCCN2CCN(c3ncccn3)CC2)c1O. The van der Waals surface area contributed by atoms with Gasteiger partial charge in [-0.25, -0.2) is 9.97 Å². The number of ether oxygens (including phenoxy) is 1. The van der Waals surface area contributed by atoms with Crippen LogP contribution in [0.1, 0.15) is 49.8 Å². The molecule has 0 aliphatic carbocycles. The number of rotatable bonds is 6. The predicted octanol–water partition coefficient (Wildman–Crippen LogP) is 2.37. The highest BCUT2D eigenvalue weighted by Gasteiger charge is 2.52. The molecule has 5 rings (SSSR count). The second kappa shape index (κ2) is 7.18. The van der Waals surface area contributed by atoms with Crippen molar-refractivity contribution in [3.63, 3.8) is 0 Å². The fourth-order valence-electron chi connectivity index (χ4n) is 5.11. The van der Waals surface area contributed by atoms with E-state index in [0.29, 0.717) is 6.54 Å². The molecule has 3 aliphatic heterocycles. The predicted molar refractivity (Wildman–Crippen MR) is 108 cm³/mol. The van der Waals surface area contributed by atoms with E-state index in [0.717, 1.165) is 75.5 Å². The molecule has 2 aromatic rings.